The average Bonchev–Trinajstić information content (AvgIpc) is 2.95. The molecule has 0 heterocycles. The zero-order chi connectivity index (χ0) is 14.5. The van der Waals surface area contributed by atoms with Crippen LogP contribution in [0, 0.1) is 0 Å². The Morgan fingerprint density at radius 1 is 1.00 bits per heavy atom. The summed E-state index contributed by atoms with van der Waals surface area (Å²) in [7, 11) is 0. The highest BCUT2D eigenvalue weighted by Crippen LogP contribution is 2.21. The van der Waals surface area contributed by atoms with Crippen molar-refractivity contribution in [2.24, 2.45) is 5.10 Å². The van der Waals surface area contributed by atoms with Crippen molar-refractivity contribution in [3.8, 4) is 0 Å². The smallest absolute Gasteiger partial charge is 0.187 e. The molecule has 1 aliphatic carbocycles. The van der Waals surface area contributed by atoms with Crippen LogP contribution in [-0.2, 0) is 13.0 Å². The van der Waals surface area contributed by atoms with Gasteiger partial charge in [0.15, 0.2) is 5.11 Å². The molecule has 0 aliphatic heterocycles. The first-order chi connectivity index (χ1) is 10.3. The van der Waals surface area contributed by atoms with Gasteiger partial charge in [-0.05, 0) is 36.2 Å². The summed E-state index contributed by atoms with van der Waals surface area (Å²) in [6.45, 7) is 0.702. The van der Waals surface area contributed by atoms with Crippen LogP contribution in [-0.4, -0.2) is 10.8 Å². The molecule has 0 radical (unpaired) electrons. The van der Waals surface area contributed by atoms with Gasteiger partial charge in [0.25, 0.3) is 0 Å². The molecule has 0 unspecified atom stereocenters. The van der Waals surface area contributed by atoms with Crippen molar-refractivity contribution in [3.63, 3.8) is 0 Å². The van der Waals surface area contributed by atoms with Crippen molar-refractivity contribution in [2.45, 2.75) is 19.4 Å². The van der Waals surface area contributed by atoms with E-state index >= 15 is 0 Å². The molecule has 106 valence electrons. The highest BCUT2D eigenvalue weighted by molar-refractivity contribution is 7.80. The Bertz CT molecular complexity index is 665. The molecule has 3 nitrogen and oxygen atoms in total. The summed E-state index contributed by atoms with van der Waals surface area (Å²) in [6.07, 6.45) is 2.02. The second kappa shape index (κ2) is 6.50. The van der Waals surface area contributed by atoms with Gasteiger partial charge in [0.2, 0.25) is 0 Å². The summed E-state index contributed by atoms with van der Waals surface area (Å²) in [5.41, 5.74) is 7.81. The maximum absolute atomic E-state index is 5.26. The van der Waals surface area contributed by atoms with E-state index in [1.165, 1.54) is 16.7 Å². The molecule has 0 atom stereocenters. The van der Waals surface area contributed by atoms with Crippen molar-refractivity contribution in [3.05, 3.63) is 71.3 Å². The van der Waals surface area contributed by atoms with E-state index in [4.69, 9.17) is 12.2 Å². The van der Waals surface area contributed by atoms with Crippen LogP contribution in [0.4, 0.5) is 0 Å². The van der Waals surface area contributed by atoms with Crippen LogP contribution in [0.3, 0.4) is 0 Å². The van der Waals surface area contributed by atoms with Crippen molar-refractivity contribution in [1.82, 2.24) is 10.7 Å². The van der Waals surface area contributed by atoms with Gasteiger partial charge in [0.05, 0.1) is 5.71 Å². The van der Waals surface area contributed by atoms with E-state index in [2.05, 4.69) is 46.2 Å². The Labute approximate surface area is 130 Å². The first-order valence-corrected chi connectivity index (χ1v) is 7.46. The fraction of sp³-hybridized carbons (Fsp3) is 0.176. The van der Waals surface area contributed by atoms with E-state index in [0.717, 1.165) is 18.6 Å². The average molecular weight is 295 g/mol. The number of fused-ring (bicyclic) bond motifs is 1. The topological polar surface area (TPSA) is 36.4 Å². The number of aryl methyl sites for hydroxylation is 1. The molecule has 2 aromatic rings. The predicted octanol–water partition coefficient (Wildman–Crippen LogP) is 3.00. The molecule has 3 rings (SSSR count). The van der Waals surface area contributed by atoms with E-state index in [1.54, 1.807) is 0 Å². The molecule has 2 aromatic carbocycles. The van der Waals surface area contributed by atoms with Crippen molar-refractivity contribution >= 4 is 23.0 Å². The zero-order valence-electron chi connectivity index (χ0n) is 11.7. The molecule has 0 aromatic heterocycles. The maximum Gasteiger partial charge on any atom is 0.187 e. The number of rotatable bonds is 3. The number of nitrogens with one attached hydrogen (secondary N) is 2. The number of hydrogen-bond donors (Lipinski definition) is 2. The number of benzene rings is 2. The van der Waals surface area contributed by atoms with Gasteiger partial charge in [-0.1, -0.05) is 54.6 Å². The third-order valence-corrected chi connectivity index (χ3v) is 3.78. The van der Waals surface area contributed by atoms with Gasteiger partial charge in [-0.2, -0.15) is 5.10 Å². The SMILES string of the molecule is S=C(NCc1ccccc1)NN=C1CCc2ccccc21. The summed E-state index contributed by atoms with van der Waals surface area (Å²) in [4.78, 5) is 0. The first-order valence-electron chi connectivity index (χ1n) is 7.05. The van der Waals surface area contributed by atoms with Crippen LogP contribution < -0.4 is 10.7 Å². The summed E-state index contributed by atoms with van der Waals surface area (Å²) < 4.78 is 0. The Morgan fingerprint density at radius 3 is 2.62 bits per heavy atom. The molecule has 0 fully saturated rings. The summed E-state index contributed by atoms with van der Waals surface area (Å²) in [6, 6.07) is 18.6. The van der Waals surface area contributed by atoms with Crippen molar-refractivity contribution in [2.75, 3.05) is 0 Å². The number of nitrogens with zero attached hydrogens (tertiary/aromatic N) is 1. The predicted molar refractivity (Wildman–Crippen MR) is 90.3 cm³/mol. The second-order valence-electron chi connectivity index (χ2n) is 5.00. The molecule has 0 amide bonds. The second-order valence-corrected chi connectivity index (χ2v) is 5.40. The molecular formula is C17H17N3S. The molecular weight excluding hydrogens is 278 g/mol. The fourth-order valence-corrected chi connectivity index (χ4v) is 2.58. The molecule has 4 heteroatoms. The van der Waals surface area contributed by atoms with Crippen molar-refractivity contribution in [1.29, 1.82) is 0 Å². The lowest BCUT2D eigenvalue weighted by atomic mass is 10.1. The molecule has 21 heavy (non-hydrogen) atoms. The van der Waals surface area contributed by atoms with Gasteiger partial charge < -0.3 is 5.32 Å². The Hall–Kier alpha value is -2.20. The maximum atomic E-state index is 5.26. The van der Waals surface area contributed by atoms with Gasteiger partial charge >= 0.3 is 0 Å². The van der Waals surface area contributed by atoms with Crippen molar-refractivity contribution < 1.29 is 0 Å². The monoisotopic (exact) mass is 295 g/mol. The van der Waals surface area contributed by atoms with Crippen LogP contribution >= 0.6 is 12.2 Å². The standard InChI is InChI=1S/C17H17N3S/c21-17(18-12-13-6-2-1-3-7-13)20-19-16-11-10-14-8-4-5-9-15(14)16/h1-9H,10-12H2,(H2,18,20,21). The molecule has 1 aliphatic rings. The molecule has 0 bridgehead atoms. The lowest BCUT2D eigenvalue weighted by Crippen LogP contribution is -2.32. The number of thiocarbonyl (C=S) groups is 1. The minimum absolute atomic E-state index is 0.552. The Balaban J connectivity index is 1.56. The van der Waals surface area contributed by atoms with E-state index < -0.39 is 0 Å². The Morgan fingerprint density at radius 2 is 1.76 bits per heavy atom. The van der Waals surface area contributed by atoms with E-state index in [-0.39, 0.29) is 0 Å². The van der Waals surface area contributed by atoms with Crippen LogP contribution in [0.5, 0.6) is 0 Å². The van der Waals surface area contributed by atoms with Crippen LogP contribution in [0.15, 0.2) is 59.7 Å². The van der Waals surface area contributed by atoms with Gasteiger partial charge in [-0.15, -0.1) is 0 Å². The van der Waals surface area contributed by atoms with Gasteiger partial charge in [0, 0.05) is 12.1 Å². The van der Waals surface area contributed by atoms with Gasteiger partial charge in [-0.25, -0.2) is 0 Å². The molecule has 0 saturated carbocycles. The van der Waals surface area contributed by atoms with E-state index in [1.807, 2.05) is 24.3 Å². The summed E-state index contributed by atoms with van der Waals surface area (Å²) in [5, 5.41) is 8.15. The quantitative estimate of drug-likeness (QED) is 0.675. The minimum Gasteiger partial charge on any atom is -0.357 e. The fourth-order valence-electron chi connectivity index (χ4n) is 2.46. The zero-order valence-corrected chi connectivity index (χ0v) is 12.5. The largest absolute Gasteiger partial charge is 0.357 e. The highest BCUT2D eigenvalue weighted by Gasteiger charge is 2.16. The summed E-state index contributed by atoms with van der Waals surface area (Å²) >= 11 is 5.26. The number of hydrazone groups is 1. The van der Waals surface area contributed by atoms with Gasteiger partial charge in [0.1, 0.15) is 0 Å². The molecule has 2 N–H and O–H groups in total. The van der Waals surface area contributed by atoms with Crippen LogP contribution in [0.2, 0.25) is 0 Å². The third-order valence-electron chi connectivity index (χ3n) is 3.55. The molecule has 0 saturated heterocycles. The highest BCUT2D eigenvalue weighted by atomic mass is 32.1. The van der Waals surface area contributed by atoms with Crippen LogP contribution in [0.25, 0.3) is 0 Å². The Kier molecular flexibility index (Phi) is 4.26. The van der Waals surface area contributed by atoms with Crippen LogP contribution in [0.1, 0.15) is 23.1 Å². The van der Waals surface area contributed by atoms with E-state index in [9.17, 15) is 0 Å². The number of hydrogen-bond acceptors (Lipinski definition) is 2. The lowest BCUT2D eigenvalue weighted by Gasteiger charge is -2.08. The first kappa shape index (κ1) is 13.8. The minimum atomic E-state index is 0.552. The lowest BCUT2D eigenvalue weighted by molar-refractivity contribution is 0.864. The van der Waals surface area contributed by atoms with Gasteiger partial charge in [-0.3, -0.25) is 5.43 Å². The normalized spacial score (nSPS) is 14.8. The molecule has 0 spiro atoms. The van der Waals surface area contributed by atoms with E-state index in [0.29, 0.717) is 11.7 Å². The third kappa shape index (κ3) is 3.47. The summed E-state index contributed by atoms with van der Waals surface area (Å²) in [5.74, 6) is 0.